The number of para-hydroxylation sites is 1. The van der Waals surface area contributed by atoms with Crippen molar-refractivity contribution in [2.75, 3.05) is 23.5 Å². The van der Waals surface area contributed by atoms with Crippen LogP contribution in [0.25, 0.3) is 0 Å². The lowest BCUT2D eigenvalue weighted by molar-refractivity contribution is -0.113. The molecule has 0 bridgehead atoms. The standard InChI is InChI=1S/C31H32ClN5O3S/c1-4-5-17-41-31-35-30-33-20(2)27(29(38)34-24-9-7-6-8-10-24)28(37(30)36-31)22-13-16-25(26(18-22)39-3)40-19-21-11-14-23(32)15-12-21/h6-16,18,28H,4-5,17,19H2,1-3H3,(H,34,38)(H,33,35,36). The second-order valence-corrected chi connectivity index (χ2v) is 11.1. The fourth-order valence-corrected chi connectivity index (χ4v) is 5.58. The van der Waals surface area contributed by atoms with Crippen LogP contribution in [-0.2, 0) is 11.4 Å². The van der Waals surface area contributed by atoms with Crippen molar-refractivity contribution in [3.63, 3.8) is 0 Å². The van der Waals surface area contributed by atoms with E-state index >= 15 is 0 Å². The number of hydrogen-bond donors (Lipinski definition) is 2. The monoisotopic (exact) mass is 589 g/mol. The molecule has 41 heavy (non-hydrogen) atoms. The van der Waals surface area contributed by atoms with Gasteiger partial charge in [0.1, 0.15) is 12.6 Å². The second kappa shape index (κ2) is 13.1. The molecule has 1 aliphatic heterocycles. The summed E-state index contributed by atoms with van der Waals surface area (Å²) >= 11 is 7.63. The largest absolute Gasteiger partial charge is 0.493 e. The number of carbonyl (C=O) groups excluding carboxylic acids is 1. The summed E-state index contributed by atoms with van der Waals surface area (Å²) in [4.78, 5) is 18.5. The number of anilines is 2. The molecule has 10 heteroatoms. The number of ether oxygens (including phenoxy) is 2. The molecule has 1 atom stereocenters. The Hall–Kier alpha value is -3.95. The Labute approximate surface area is 249 Å². The van der Waals surface area contributed by atoms with E-state index in [2.05, 4.69) is 17.6 Å². The van der Waals surface area contributed by atoms with E-state index in [0.29, 0.717) is 51.2 Å². The van der Waals surface area contributed by atoms with Gasteiger partial charge >= 0.3 is 0 Å². The Kier molecular flexibility index (Phi) is 9.16. The number of benzene rings is 3. The van der Waals surface area contributed by atoms with E-state index in [1.165, 1.54) is 0 Å². The lowest BCUT2D eigenvalue weighted by Gasteiger charge is -2.29. The van der Waals surface area contributed by atoms with Crippen molar-refractivity contribution < 1.29 is 14.3 Å². The van der Waals surface area contributed by atoms with E-state index in [9.17, 15) is 4.79 Å². The first-order chi connectivity index (χ1) is 20.0. The van der Waals surface area contributed by atoms with Crippen molar-refractivity contribution in [3.05, 3.63) is 100 Å². The maximum atomic E-state index is 13.8. The summed E-state index contributed by atoms with van der Waals surface area (Å²) in [5.74, 6) is 2.42. The van der Waals surface area contributed by atoms with Crippen LogP contribution < -0.4 is 20.1 Å². The molecule has 2 heterocycles. The van der Waals surface area contributed by atoms with Crippen molar-refractivity contribution >= 4 is 40.9 Å². The molecular weight excluding hydrogens is 558 g/mol. The summed E-state index contributed by atoms with van der Waals surface area (Å²) in [6.07, 6.45) is 2.17. The van der Waals surface area contributed by atoms with E-state index < -0.39 is 6.04 Å². The van der Waals surface area contributed by atoms with Crippen LogP contribution in [-0.4, -0.2) is 33.5 Å². The first kappa shape index (κ1) is 28.6. The quantitative estimate of drug-likeness (QED) is 0.140. The van der Waals surface area contributed by atoms with Gasteiger partial charge in [-0.1, -0.05) is 73.1 Å². The van der Waals surface area contributed by atoms with Gasteiger partial charge in [0.25, 0.3) is 5.91 Å². The molecule has 0 aliphatic carbocycles. The van der Waals surface area contributed by atoms with E-state index in [0.717, 1.165) is 29.7 Å². The average molecular weight is 590 g/mol. The van der Waals surface area contributed by atoms with Crippen molar-refractivity contribution in [2.45, 2.75) is 44.5 Å². The van der Waals surface area contributed by atoms with Gasteiger partial charge in [-0.3, -0.25) is 4.79 Å². The summed E-state index contributed by atoms with van der Waals surface area (Å²) in [7, 11) is 1.60. The van der Waals surface area contributed by atoms with Crippen LogP contribution in [0.4, 0.5) is 11.6 Å². The van der Waals surface area contributed by atoms with Crippen molar-refractivity contribution in [1.82, 2.24) is 14.8 Å². The minimum atomic E-state index is -0.540. The van der Waals surface area contributed by atoms with E-state index in [-0.39, 0.29) is 5.91 Å². The molecule has 0 fully saturated rings. The Morgan fingerprint density at radius 3 is 2.61 bits per heavy atom. The van der Waals surface area contributed by atoms with Crippen LogP contribution in [0.3, 0.4) is 0 Å². The third kappa shape index (κ3) is 6.69. The number of carbonyl (C=O) groups is 1. The molecule has 5 rings (SSSR count). The molecule has 212 valence electrons. The molecule has 0 saturated heterocycles. The topological polar surface area (TPSA) is 90.3 Å². The average Bonchev–Trinajstić information content (AvgIpc) is 3.38. The van der Waals surface area contributed by atoms with Crippen LogP contribution in [0, 0.1) is 0 Å². The Balaban J connectivity index is 1.49. The fourth-order valence-electron chi connectivity index (χ4n) is 4.54. The lowest BCUT2D eigenvalue weighted by Crippen LogP contribution is -2.31. The van der Waals surface area contributed by atoms with E-state index in [1.807, 2.05) is 79.7 Å². The van der Waals surface area contributed by atoms with Crippen LogP contribution in [0.2, 0.25) is 5.02 Å². The first-order valence-electron chi connectivity index (χ1n) is 13.5. The molecule has 0 saturated carbocycles. The predicted octanol–water partition coefficient (Wildman–Crippen LogP) is 7.34. The molecule has 1 amide bonds. The highest BCUT2D eigenvalue weighted by Crippen LogP contribution is 2.40. The van der Waals surface area contributed by atoms with Crippen molar-refractivity contribution in [2.24, 2.45) is 0 Å². The van der Waals surface area contributed by atoms with Crippen molar-refractivity contribution in [1.29, 1.82) is 0 Å². The fraction of sp³-hybridized carbons (Fsp3) is 0.258. The Morgan fingerprint density at radius 2 is 1.88 bits per heavy atom. The molecule has 1 aromatic heterocycles. The van der Waals surface area contributed by atoms with Gasteiger partial charge in [0, 0.05) is 22.2 Å². The van der Waals surface area contributed by atoms with Crippen LogP contribution >= 0.6 is 23.4 Å². The summed E-state index contributed by atoms with van der Waals surface area (Å²) in [5, 5.41) is 12.5. The summed E-state index contributed by atoms with van der Waals surface area (Å²) < 4.78 is 13.6. The summed E-state index contributed by atoms with van der Waals surface area (Å²) in [5.41, 5.74) is 3.75. The highest BCUT2D eigenvalue weighted by Gasteiger charge is 2.35. The summed E-state index contributed by atoms with van der Waals surface area (Å²) in [6, 6.07) is 22.1. The highest BCUT2D eigenvalue weighted by molar-refractivity contribution is 7.99. The molecule has 0 spiro atoms. The van der Waals surface area contributed by atoms with Crippen molar-refractivity contribution in [3.8, 4) is 11.5 Å². The second-order valence-electron chi connectivity index (χ2n) is 9.58. The molecule has 4 aromatic rings. The van der Waals surface area contributed by atoms with Crippen LogP contribution in [0.1, 0.15) is 43.9 Å². The zero-order valence-electron chi connectivity index (χ0n) is 23.2. The van der Waals surface area contributed by atoms with Gasteiger partial charge in [-0.2, -0.15) is 4.98 Å². The number of halogens is 1. The minimum Gasteiger partial charge on any atom is -0.493 e. The number of nitrogens with zero attached hydrogens (tertiary/aromatic N) is 3. The van der Waals surface area contributed by atoms with E-state index in [4.69, 9.17) is 31.2 Å². The van der Waals surface area contributed by atoms with Gasteiger partial charge in [0.05, 0.1) is 12.7 Å². The molecule has 1 aliphatic rings. The van der Waals surface area contributed by atoms with Gasteiger partial charge < -0.3 is 20.1 Å². The zero-order chi connectivity index (χ0) is 28.8. The van der Waals surface area contributed by atoms with Gasteiger partial charge in [-0.25, -0.2) is 4.68 Å². The smallest absolute Gasteiger partial charge is 0.255 e. The molecule has 2 N–H and O–H groups in total. The third-order valence-corrected chi connectivity index (χ3v) is 7.83. The number of allylic oxidation sites excluding steroid dienone is 1. The number of hydrogen-bond acceptors (Lipinski definition) is 7. The number of fused-ring (bicyclic) bond motifs is 1. The predicted molar refractivity (Wildman–Crippen MR) is 164 cm³/mol. The lowest BCUT2D eigenvalue weighted by atomic mass is 9.94. The first-order valence-corrected chi connectivity index (χ1v) is 14.8. The molecular formula is C31H32ClN5O3S. The number of methoxy groups -OCH3 is 1. The Bertz CT molecular complexity index is 1540. The van der Waals surface area contributed by atoms with Gasteiger partial charge in [-0.15, -0.1) is 5.10 Å². The van der Waals surface area contributed by atoms with Gasteiger partial charge in [-0.05, 0) is 60.9 Å². The number of amides is 1. The summed E-state index contributed by atoms with van der Waals surface area (Å²) in [6.45, 7) is 4.40. The number of thioether (sulfide) groups is 1. The SMILES string of the molecule is CCCCSc1nc2n(n1)C(c1ccc(OCc3ccc(Cl)cc3)c(OC)c1)C(C(=O)Nc1ccccc1)=C(C)N2. The highest BCUT2D eigenvalue weighted by atomic mass is 35.5. The minimum absolute atomic E-state index is 0.227. The molecule has 8 nitrogen and oxygen atoms in total. The van der Waals surface area contributed by atoms with Gasteiger partial charge in [0.15, 0.2) is 11.5 Å². The van der Waals surface area contributed by atoms with Crippen LogP contribution in [0.5, 0.6) is 11.5 Å². The number of rotatable bonds is 11. The maximum absolute atomic E-state index is 13.8. The molecule has 0 radical (unpaired) electrons. The maximum Gasteiger partial charge on any atom is 0.255 e. The van der Waals surface area contributed by atoms with Crippen LogP contribution in [0.15, 0.2) is 89.2 Å². The normalized spacial score (nSPS) is 14.3. The Morgan fingerprint density at radius 1 is 1.10 bits per heavy atom. The zero-order valence-corrected chi connectivity index (χ0v) is 24.8. The number of nitrogens with one attached hydrogen (secondary N) is 2. The third-order valence-electron chi connectivity index (χ3n) is 6.65. The molecule has 1 unspecified atom stereocenters. The number of aromatic nitrogens is 3. The van der Waals surface area contributed by atoms with E-state index in [1.54, 1.807) is 23.6 Å². The number of unbranched alkanes of at least 4 members (excludes halogenated alkanes) is 1. The van der Waals surface area contributed by atoms with Gasteiger partial charge in [0.2, 0.25) is 11.1 Å². The molecule has 3 aromatic carbocycles.